The summed E-state index contributed by atoms with van der Waals surface area (Å²) in [5.41, 5.74) is 1.44. The summed E-state index contributed by atoms with van der Waals surface area (Å²) >= 11 is 2.12. The summed E-state index contributed by atoms with van der Waals surface area (Å²) in [5, 5.41) is 0. The Labute approximate surface area is 85.6 Å². The fourth-order valence-electron chi connectivity index (χ4n) is 2.28. The van der Waals surface area contributed by atoms with Gasteiger partial charge in [-0.3, -0.25) is 4.90 Å². The molecule has 1 unspecified atom stereocenters. The molecule has 13 heavy (non-hydrogen) atoms. The molecule has 2 rings (SSSR count). The lowest BCUT2D eigenvalue weighted by Crippen LogP contribution is -2.35. The third kappa shape index (κ3) is 2.75. The third-order valence-corrected chi connectivity index (χ3v) is 4.22. The fraction of sp³-hybridized carbons (Fsp3) is 0.818. The van der Waals surface area contributed by atoms with E-state index in [9.17, 15) is 0 Å². The predicted molar refractivity (Wildman–Crippen MR) is 60.2 cm³/mol. The van der Waals surface area contributed by atoms with Crippen LogP contribution in [0.4, 0.5) is 0 Å². The quantitative estimate of drug-likeness (QED) is 0.625. The average Bonchev–Trinajstić information content (AvgIpc) is 2.57. The molecule has 0 amide bonds. The molecule has 2 fully saturated rings. The second-order valence-corrected chi connectivity index (χ2v) is 5.47. The molecule has 1 atom stereocenters. The first-order valence-electron chi connectivity index (χ1n) is 5.31. The van der Waals surface area contributed by atoms with Gasteiger partial charge >= 0.3 is 0 Å². The zero-order valence-corrected chi connectivity index (χ0v) is 9.11. The van der Waals surface area contributed by atoms with Gasteiger partial charge < -0.3 is 0 Å². The average molecular weight is 197 g/mol. The molecule has 0 spiro atoms. The second kappa shape index (κ2) is 4.52. The zero-order valence-electron chi connectivity index (χ0n) is 8.30. The Morgan fingerprint density at radius 1 is 1.54 bits per heavy atom. The summed E-state index contributed by atoms with van der Waals surface area (Å²) < 4.78 is 0. The summed E-state index contributed by atoms with van der Waals surface area (Å²) in [5.74, 6) is 3.75. The Kier molecular flexibility index (Phi) is 3.33. The van der Waals surface area contributed by atoms with Crippen molar-refractivity contribution in [1.82, 2.24) is 4.90 Å². The normalized spacial score (nSPS) is 31.1. The maximum absolute atomic E-state index is 4.09. The maximum Gasteiger partial charge on any atom is 0.0190 e. The van der Waals surface area contributed by atoms with Crippen LogP contribution in [0.15, 0.2) is 12.2 Å². The highest BCUT2D eigenvalue weighted by atomic mass is 32.2. The summed E-state index contributed by atoms with van der Waals surface area (Å²) in [6, 6.07) is 0. The van der Waals surface area contributed by atoms with Crippen molar-refractivity contribution in [2.45, 2.75) is 19.3 Å². The van der Waals surface area contributed by atoms with E-state index in [-0.39, 0.29) is 0 Å². The van der Waals surface area contributed by atoms with Gasteiger partial charge in [-0.2, -0.15) is 11.8 Å². The third-order valence-electron chi connectivity index (χ3n) is 2.99. The largest absolute Gasteiger partial charge is 0.299 e. The fourth-order valence-corrected chi connectivity index (χ4v) is 3.55. The van der Waals surface area contributed by atoms with E-state index in [1.807, 2.05) is 0 Å². The van der Waals surface area contributed by atoms with Crippen molar-refractivity contribution in [3.8, 4) is 0 Å². The topological polar surface area (TPSA) is 3.24 Å². The number of piperidine rings is 1. The number of rotatable bonds is 2. The van der Waals surface area contributed by atoms with Crippen LogP contribution in [0, 0.1) is 5.92 Å². The Morgan fingerprint density at radius 3 is 3.15 bits per heavy atom. The zero-order chi connectivity index (χ0) is 9.10. The molecule has 0 bridgehead atoms. The highest BCUT2D eigenvalue weighted by Gasteiger charge is 2.20. The molecular weight excluding hydrogens is 178 g/mol. The molecule has 2 aliphatic rings. The van der Waals surface area contributed by atoms with Gasteiger partial charge in [0.25, 0.3) is 0 Å². The van der Waals surface area contributed by atoms with Crippen LogP contribution in [0.25, 0.3) is 0 Å². The van der Waals surface area contributed by atoms with Gasteiger partial charge in [-0.05, 0) is 43.2 Å². The first kappa shape index (κ1) is 9.60. The number of hydrogen-bond donors (Lipinski definition) is 0. The van der Waals surface area contributed by atoms with Crippen LogP contribution in [0.3, 0.4) is 0 Å². The van der Waals surface area contributed by atoms with Gasteiger partial charge in [0, 0.05) is 13.1 Å². The standard InChI is InChI=1S/C11H19NS/c1-10-3-2-5-12(7-10)8-11-4-6-13-9-11/h11H,1-9H2. The monoisotopic (exact) mass is 197 g/mol. The van der Waals surface area contributed by atoms with E-state index in [2.05, 4.69) is 23.2 Å². The lowest BCUT2D eigenvalue weighted by molar-refractivity contribution is 0.234. The molecule has 0 aromatic heterocycles. The van der Waals surface area contributed by atoms with Crippen molar-refractivity contribution < 1.29 is 0 Å². The molecule has 0 aliphatic carbocycles. The molecule has 2 heteroatoms. The van der Waals surface area contributed by atoms with E-state index < -0.39 is 0 Å². The van der Waals surface area contributed by atoms with E-state index in [1.54, 1.807) is 0 Å². The number of hydrogen-bond acceptors (Lipinski definition) is 2. The minimum atomic E-state index is 0.968. The van der Waals surface area contributed by atoms with Crippen LogP contribution < -0.4 is 0 Å². The Balaban J connectivity index is 1.76. The van der Waals surface area contributed by atoms with E-state index in [0.29, 0.717) is 0 Å². The Morgan fingerprint density at radius 2 is 2.46 bits per heavy atom. The van der Waals surface area contributed by atoms with Crippen LogP contribution in [-0.2, 0) is 0 Å². The molecule has 1 nitrogen and oxygen atoms in total. The highest BCUT2D eigenvalue weighted by Crippen LogP contribution is 2.25. The molecule has 0 N–H and O–H groups in total. The van der Waals surface area contributed by atoms with Crippen LogP contribution >= 0.6 is 11.8 Å². The summed E-state index contributed by atoms with van der Waals surface area (Å²) in [6.07, 6.45) is 4.03. The van der Waals surface area contributed by atoms with Crippen LogP contribution in [0.2, 0.25) is 0 Å². The smallest absolute Gasteiger partial charge is 0.0190 e. The van der Waals surface area contributed by atoms with Crippen LogP contribution in [-0.4, -0.2) is 36.0 Å². The van der Waals surface area contributed by atoms with Crippen molar-refractivity contribution in [3.05, 3.63) is 12.2 Å². The number of nitrogens with zero attached hydrogens (tertiary/aromatic N) is 1. The number of thioether (sulfide) groups is 1. The molecule has 2 aliphatic heterocycles. The van der Waals surface area contributed by atoms with E-state index in [0.717, 1.165) is 5.92 Å². The number of likely N-dealkylation sites (tertiary alicyclic amines) is 1. The minimum absolute atomic E-state index is 0.968. The minimum Gasteiger partial charge on any atom is -0.299 e. The molecular formula is C11H19NS. The first-order valence-corrected chi connectivity index (χ1v) is 6.47. The predicted octanol–water partition coefficient (Wildman–Crippen LogP) is 2.39. The molecule has 0 aromatic rings. The van der Waals surface area contributed by atoms with E-state index >= 15 is 0 Å². The molecule has 0 saturated carbocycles. The highest BCUT2D eigenvalue weighted by molar-refractivity contribution is 7.99. The summed E-state index contributed by atoms with van der Waals surface area (Å²) in [6.45, 7) is 7.89. The van der Waals surface area contributed by atoms with Gasteiger partial charge in [0.1, 0.15) is 0 Å². The molecule has 2 saturated heterocycles. The van der Waals surface area contributed by atoms with Gasteiger partial charge in [-0.15, -0.1) is 0 Å². The lowest BCUT2D eigenvalue weighted by Gasteiger charge is -2.30. The Bertz CT molecular complexity index is 185. The van der Waals surface area contributed by atoms with Crippen LogP contribution in [0.5, 0.6) is 0 Å². The molecule has 0 radical (unpaired) electrons. The summed E-state index contributed by atoms with van der Waals surface area (Å²) in [4.78, 5) is 2.60. The van der Waals surface area contributed by atoms with E-state index in [1.165, 1.54) is 56.0 Å². The van der Waals surface area contributed by atoms with Crippen molar-refractivity contribution in [3.63, 3.8) is 0 Å². The van der Waals surface area contributed by atoms with E-state index in [4.69, 9.17) is 0 Å². The van der Waals surface area contributed by atoms with Crippen molar-refractivity contribution in [2.24, 2.45) is 5.92 Å². The maximum atomic E-state index is 4.09. The van der Waals surface area contributed by atoms with Crippen molar-refractivity contribution in [1.29, 1.82) is 0 Å². The SMILES string of the molecule is C=C1CCCN(CC2CCSC2)C1. The van der Waals surface area contributed by atoms with Crippen molar-refractivity contribution in [2.75, 3.05) is 31.1 Å². The van der Waals surface area contributed by atoms with Crippen LogP contribution in [0.1, 0.15) is 19.3 Å². The van der Waals surface area contributed by atoms with Crippen molar-refractivity contribution >= 4 is 11.8 Å². The summed E-state index contributed by atoms with van der Waals surface area (Å²) in [7, 11) is 0. The van der Waals surface area contributed by atoms with Gasteiger partial charge in [-0.1, -0.05) is 12.2 Å². The molecule has 74 valence electrons. The first-order chi connectivity index (χ1) is 6.34. The Hall–Kier alpha value is 0.0500. The molecule has 0 aromatic carbocycles. The lowest BCUT2D eigenvalue weighted by atomic mass is 10.0. The van der Waals surface area contributed by atoms with Gasteiger partial charge in [-0.25, -0.2) is 0 Å². The van der Waals surface area contributed by atoms with Gasteiger partial charge in [0.15, 0.2) is 0 Å². The van der Waals surface area contributed by atoms with Gasteiger partial charge in [0.05, 0.1) is 0 Å². The van der Waals surface area contributed by atoms with Gasteiger partial charge in [0.2, 0.25) is 0 Å². The second-order valence-electron chi connectivity index (χ2n) is 4.32. The molecule has 2 heterocycles.